The molecule has 32 heavy (non-hydrogen) atoms. The van der Waals surface area contributed by atoms with E-state index < -0.39 is 11.8 Å². The zero-order valence-corrected chi connectivity index (χ0v) is 17.7. The first kappa shape index (κ1) is 22.8. The van der Waals surface area contributed by atoms with Gasteiger partial charge in [0, 0.05) is 10.7 Å². The van der Waals surface area contributed by atoms with Gasteiger partial charge in [0.15, 0.2) is 11.5 Å². The largest absolute Gasteiger partial charge is 0.493 e. The lowest BCUT2D eigenvalue weighted by Gasteiger charge is -2.11. The molecule has 0 aromatic heterocycles. The quantitative estimate of drug-likeness (QED) is 0.318. The van der Waals surface area contributed by atoms with Crippen molar-refractivity contribution in [1.82, 2.24) is 5.43 Å². The molecule has 0 saturated carbocycles. The summed E-state index contributed by atoms with van der Waals surface area (Å²) in [5.74, 6) is -1.21. The molecule has 2 amide bonds. The van der Waals surface area contributed by atoms with Gasteiger partial charge in [-0.3, -0.25) is 9.59 Å². The van der Waals surface area contributed by atoms with Crippen molar-refractivity contribution in [2.75, 3.05) is 12.4 Å². The van der Waals surface area contributed by atoms with Crippen molar-refractivity contribution in [2.24, 2.45) is 5.10 Å². The van der Waals surface area contributed by atoms with Crippen LogP contribution in [0.4, 0.5) is 10.1 Å². The number of methoxy groups -OCH3 is 1. The molecule has 2 N–H and O–H groups in total. The minimum atomic E-state index is -0.938. The van der Waals surface area contributed by atoms with Gasteiger partial charge in [0.2, 0.25) is 0 Å². The lowest BCUT2D eigenvalue weighted by Crippen LogP contribution is -2.32. The van der Waals surface area contributed by atoms with Crippen LogP contribution in [0.5, 0.6) is 11.5 Å². The summed E-state index contributed by atoms with van der Waals surface area (Å²) in [6.45, 7) is 0.238. The highest BCUT2D eigenvalue weighted by Gasteiger charge is 2.13. The highest BCUT2D eigenvalue weighted by molar-refractivity contribution is 6.39. The summed E-state index contributed by atoms with van der Waals surface area (Å²) in [4.78, 5) is 23.8. The molecule has 0 aliphatic heterocycles. The monoisotopic (exact) mass is 455 g/mol. The molecule has 3 rings (SSSR count). The molecule has 7 nitrogen and oxygen atoms in total. The zero-order chi connectivity index (χ0) is 22.9. The number of hydrogen-bond acceptors (Lipinski definition) is 5. The Kier molecular flexibility index (Phi) is 7.77. The molecule has 9 heteroatoms. The Hall–Kier alpha value is -3.91. The first-order chi connectivity index (χ1) is 15.4. The van der Waals surface area contributed by atoms with Crippen LogP contribution in [-0.2, 0) is 16.2 Å². The molecule has 3 aromatic carbocycles. The van der Waals surface area contributed by atoms with Crippen LogP contribution in [0.15, 0.2) is 71.8 Å². The van der Waals surface area contributed by atoms with Gasteiger partial charge in [0.1, 0.15) is 12.4 Å². The minimum Gasteiger partial charge on any atom is -0.493 e. The first-order valence-corrected chi connectivity index (χ1v) is 9.77. The van der Waals surface area contributed by atoms with E-state index >= 15 is 0 Å². The van der Waals surface area contributed by atoms with E-state index in [-0.39, 0.29) is 12.4 Å². The van der Waals surface area contributed by atoms with Crippen LogP contribution in [0.25, 0.3) is 0 Å². The normalized spacial score (nSPS) is 10.6. The summed E-state index contributed by atoms with van der Waals surface area (Å²) in [5.41, 5.74) is 3.95. The first-order valence-electron chi connectivity index (χ1n) is 9.40. The van der Waals surface area contributed by atoms with Crippen LogP contribution in [0.3, 0.4) is 0 Å². The third-order valence-corrected chi connectivity index (χ3v) is 4.40. The second-order valence-corrected chi connectivity index (χ2v) is 6.93. The van der Waals surface area contributed by atoms with Crippen molar-refractivity contribution in [3.63, 3.8) is 0 Å². The van der Waals surface area contributed by atoms with Gasteiger partial charge in [0.25, 0.3) is 0 Å². The molecule has 0 saturated heterocycles. The standard InChI is InChI=1S/C23H19ClFN3O4/c1-31-21-11-16(7-10-20(21)32-14-15-5-8-18(25)9-6-15)13-26-28-23(30)22(29)27-19-4-2-3-17(24)12-19/h2-13H,14H2,1H3,(H,27,29)(H,28,30)/b26-13-. The summed E-state index contributed by atoms with van der Waals surface area (Å²) in [6, 6.07) is 17.4. The molecule has 164 valence electrons. The van der Waals surface area contributed by atoms with Crippen molar-refractivity contribution >= 4 is 35.3 Å². The molecule has 0 aliphatic rings. The molecule has 0 fully saturated rings. The van der Waals surface area contributed by atoms with E-state index in [2.05, 4.69) is 15.8 Å². The Morgan fingerprint density at radius 2 is 1.81 bits per heavy atom. The molecule has 0 radical (unpaired) electrons. The average molecular weight is 456 g/mol. The van der Waals surface area contributed by atoms with E-state index in [9.17, 15) is 14.0 Å². The predicted octanol–water partition coefficient (Wildman–Crippen LogP) is 4.16. The minimum absolute atomic E-state index is 0.238. The number of anilines is 1. The van der Waals surface area contributed by atoms with Crippen molar-refractivity contribution in [3.8, 4) is 11.5 Å². The fourth-order valence-electron chi connectivity index (χ4n) is 2.60. The predicted molar refractivity (Wildman–Crippen MR) is 120 cm³/mol. The third-order valence-electron chi connectivity index (χ3n) is 4.16. The van der Waals surface area contributed by atoms with E-state index in [0.29, 0.717) is 27.8 Å². The lowest BCUT2D eigenvalue weighted by molar-refractivity contribution is -0.136. The molecule has 0 bridgehead atoms. The van der Waals surface area contributed by atoms with Gasteiger partial charge >= 0.3 is 11.8 Å². The molecule has 0 aliphatic carbocycles. The number of amides is 2. The molecular formula is C23H19ClFN3O4. The summed E-state index contributed by atoms with van der Waals surface area (Å²) in [5, 5.41) is 6.64. The fraction of sp³-hybridized carbons (Fsp3) is 0.0870. The van der Waals surface area contributed by atoms with E-state index in [1.54, 1.807) is 48.5 Å². The smallest absolute Gasteiger partial charge is 0.329 e. The van der Waals surface area contributed by atoms with Crippen molar-refractivity contribution in [2.45, 2.75) is 6.61 Å². The molecular weight excluding hydrogens is 437 g/mol. The number of ether oxygens (including phenoxy) is 2. The summed E-state index contributed by atoms with van der Waals surface area (Å²) < 4.78 is 24.0. The van der Waals surface area contributed by atoms with Gasteiger partial charge in [0.05, 0.1) is 13.3 Å². The van der Waals surface area contributed by atoms with Gasteiger partial charge in [-0.1, -0.05) is 29.8 Å². The average Bonchev–Trinajstić information content (AvgIpc) is 2.79. The number of hydrazone groups is 1. The van der Waals surface area contributed by atoms with Gasteiger partial charge in [-0.15, -0.1) is 0 Å². The number of nitrogens with one attached hydrogen (secondary N) is 2. The van der Waals surface area contributed by atoms with Gasteiger partial charge in [-0.25, -0.2) is 9.82 Å². The molecule has 3 aromatic rings. The van der Waals surface area contributed by atoms with Gasteiger partial charge < -0.3 is 14.8 Å². The number of rotatable bonds is 7. The number of benzene rings is 3. The Morgan fingerprint density at radius 1 is 1.03 bits per heavy atom. The van der Waals surface area contributed by atoms with Crippen LogP contribution in [0, 0.1) is 5.82 Å². The highest BCUT2D eigenvalue weighted by Crippen LogP contribution is 2.28. The number of carbonyl (C=O) groups excluding carboxylic acids is 2. The third kappa shape index (κ3) is 6.55. The Morgan fingerprint density at radius 3 is 2.53 bits per heavy atom. The SMILES string of the molecule is COc1cc(/C=N\NC(=O)C(=O)Nc2cccc(Cl)c2)ccc1OCc1ccc(F)cc1. The summed E-state index contributed by atoms with van der Waals surface area (Å²) in [6.07, 6.45) is 1.36. The number of hydrogen-bond donors (Lipinski definition) is 2. The second-order valence-electron chi connectivity index (χ2n) is 6.49. The van der Waals surface area contributed by atoms with Crippen molar-refractivity contribution in [3.05, 3.63) is 88.7 Å². The molecule has 0 spiro atoms. The Balaban J connectivity index is 1.56. The lowest BCUT2D eigenvalue weighted by atomic mass is 10.2. The van der Waals surface area contributed by atoms with E-state index in [1.165, 1.54) is 31.5 Å². The molecule has 0 unspecified atom stereocenters. The molecule has 0 atom stereocenters. The zero-order valence-electron chi connectivity index (χ0n) is 17.0. The van der Waals surface area contributed by atoms with Crippen LogP contribution in [0.1, 0.15) is 11.1 Å². The van der Waals surface area contributed by atoms with E-state index in [0.717, 1.165) is 5.56 Å². The second kappa shape index (κ2) is 10.9. The maximum Gasteiger partial charge on any atom is 0.329 e. The van der Waals surface area contributed by atoms with Crippen LogP contribution < -0.4 is 20.2 Å². The van der Waals surface area contributed by atoms with Crippen LogP contribution in [-0.4, -0.2) is 25.1 Å². The van der Waals surface area contributed by atoms with E-state index in [1.807, 2.05) is 0 Å². The van der Waals surface area contributed by atoms with Crippen molar-refractivity contribution in [1.29, 1.82) is 0 Å². The van der Waals surface area contributed by atoms with Crippen LogP contribution in [0.2, 0.25) is 5.02 Å². The maximum absolute atomic E-state index is 13.0. The maximum atomic E-state index is 13.0. The number of nitrogens with zero attached hydrogens (tertiary/aromatic N) is 1. The van der Waals surface area contributed by atoms with Crippen LogP contribution >= 0.6 is 11.6 Å². The molecule has 0 heterocycles. The number of halogens is 2. The topological polar surface area (TPSA) is 89.0 Å². The Bertz CT molecular complexity index is 1140. The highest BCUT2D eigenvalue weighted by atomic mass is 35.5. The van der Waals surface area contributed by atoms with Gasteiger partial charge in [-0.05, 0) is 59.7 Å². The summed E-state index contributed by atoms with van der Waals surface area (Å²) in [7, 11) is 1.49. The fourth-order valence-corrected chi connectivity index (χ4v) is 2.79. The van der Waals surface area contributed by atoms with E-state index in [4.69, 9.17) is 21.1 Å². The van der Waals surface area contributed by atoms with Gasteiger partial charge in [-0.2, -0.15) is 5.10 Å². The Labute approximate surface area is 188 Å². The summed E-state index contributed by atoms with van der Waals surface area (Å²) >= 11 is 5.84. The van der Waals surface area contributed by atoms with Crippen molar-refractivity contribution < 1.29 is 23.5 Å². The number of carbonyl (C=O) groups is 2.